The van der Waals surface area contributed by atoms with Gasteiger partial charge in [0, 0.05) is 10.5 Å². The van der Waals surface area contributed by atoms with Crippen LogP contribution in [0, 0.1) is 6.92 Å². The largest absolute Gasteiger partial charge is 0.768 e. The summed E-state index contributed by atoms with van der Waals surface area (Å²) in [4.78, 5) is 0.144. The SMILES string of the molecule is C[N+](C)(C)Cc1ccccc1.Cc1ccc(O)cc1S(=O)[O-]. The molecule has 0 aliphatic rings. The predicted octanol–water partition coefficient (Wildman–Crippen LogP) is 2.83. The minimum atomic E-state index is -2.26. The molecule has 0 aliphatic heterocycles. The van der Waals surface area contributed by atoms with Gasteiger partial charge in [0.15, 0.2) is 0 Å². The summed E-state index contributed by atoms with van der Waals surface area (Å²) in [6.07, 6.45) is 0. The molecule has 0 bridgehead atoms. The number of benzene rings is 2. The molecule has 1 unspecified atom stereocenters. The fourth-order valence-corrected chi connectivity index (χ4v) is 2.45. The molecule has 0 aliphatic carbocycles. The second-order valence-corrected chi connectivity index (χ2v) is 7.03. The third kappa shape index (κ3) is 6.85. The van der Waals surface area contributed by atoms with Gasteiger partial charge in [-0.05, 0) is 35.7 Å². The lowest BCUT2D eigenvalue weighted by Crippen LogP contribution is -2.33. The predicted molar refractivity (Wildman–Crippen MR) is 88.2 cm³/mol. The van der Waals surface area contributed by atoms with Crippen LogP contribution in [0.5, 0.6) is 5.75 Å². The first-order valence-corrected chi connectivity index (χ1v) is 8.00. The summed E-state index contributed by atoms with van der Waals surface area (Å²) >= 11 is -2.26. The van der Waals surface area contributed by atoms with E-state index in [2.05, 4.69) is 51.5 Å². The number of hydrogen-bond donors (Lipinski definition) is 1. The van der Waals surface area contributed by atoms with Gasteiger partial charge >= 0.3 is 0 Å². The van der Waals surface area contributed by atoms with Crippen LogP contribution in [0.15, 0.2) is 53.4 Å². The zero-order chi connectivity index (χ0) is 16.8. The van der Waals surface area contributed by atoms with Gasteiger partial charge < -0.3 is 14.1 Å². The van der Waals surface area contributed by atoms with Gasteiger partial charge in [-0.2, -0.15) is 0 Å². The van der Waals surface area contributed by atoms with Crippen LogP contribution in [0.3, 0.4) is 0 Å². The lowest BCUT2D eigenvalue weighted by Gasteiger charge is -2.23. The van der Waals surface area contributed by atoms with Crippen molar-refractivity contribution in [2.24, 2.45) is 0 Å². The molecule has 0 aromatic heterocycles. The second kappa shape index (κ2) is 8.08. The maximum Gasteiger partial charge on any atom is 0.116 e. The highest BCUT2D eigenvalue weighted by Crippen LogP contribution is 2.17. The van der Waals surface area contributed by atoms with Crippen molar-refractivity contribution in [1.29, 1.82) is 0 Å². The molecule has 4 nitrogen and oxygen atoms in total. The molecule has 1 N–H and O–H groups in total. The normalized spacial score (nSPS) is 12.2. The maximum atomic E-state index is 10.5. The Morgan fingerprint density at radius 3 is 2.14 bits per heavy atom. The monoisotopic (exact) mass is 321 g/mol. The Kier molecular flexibility index (Phi) is 6.74. The molecule has 0 spiro atoms. The van der Waals surface area contributed by atoms with E-state index in [-0.39, 0.29) is 10.6 Å². The zero-order valence-electron chi connectivity index (χ0n) is 13.4. The third-order valence-electron chi connectivity index (χ3n) is 2.85. The number of phenolic OH excluding ortho intramolecular Hbond substituents is 1. The summed E-state index contributed by atoms with van der Waals surface area (Å²) in [7, 11) is 6.60. The summed E-state index contributed by atoms with van der Waals surface area (Å²) in [5.41, 5.74) is 2.04. The maximum absolute atomic E-state index is 10.5. The molecule has 0 amide bonds. The van der Waals surface area contributed by atoms with Crippen molar-refractivity contribution in [3.63, 3.8) is 0 Å². The number of quaternary nitrogens is 1. The molecule has 22 heavy (non-hydrogen) atoms. The van der Waals surface area contributed by atoms with Crippen LogP contribution in [0.1, 0.15) is 11.1 Å². The molecule has 5 heteroatoms. The van der Waals surface area contributed by atoms with Crippen LogP contribution in [-0.4, -0.2) is 39.5 Å². The number of rotatable bonds is 3. The lowest BCUT2D eigenvalue weighted by atomic mass is 10.2. The summed E-state index contributed by atoms with van der Waals surface area (Å²) in [6, 6.07) is 14.8. The minimum Gasteiger partial charge on any atom is -0.768 e. The van der Waals surface area contributed by atoms with E-state index in [1.165, 1.54) is 17.7 Å². The van der Waals surface area contributed by atoms with E-state index in [9.17, 15) is 8.76 Å². The summed E-state index contributed by atoms with van der Waals surface area (Å²) in [6.45, 7) is 2.77. The number of hydrogen-bond acceptors (Lipinski definition) is 3. The molecule has 0 fully saturated rings. The Bertz CT molecular complexity index is 622. The van der Waals surface area contributed by atoms with E-state index in [1.54, 1.807) is 13.0 Å². The number of phenols is 1. The van der Waals surface area contributed by atoms with E-state index < -0.39 is 11.1 Å². The molecule has 0 saturated carbocycles. The number of aryl methyl sites for hydroxylation is 1. The van der Waals surface area contributed by atoms with Gasteiger partial charge in [0.1, 0.15) is 12.3 Å². The van der Waals surface area contributed by atoms with Crippen molar-refractivity contribution < 1.29 is 18.4 Å². The molecule has 0 saturated heterocycles. The lowest BCUT2D eigenvalue weighted by molar-refractivity contribution is -0.884. The molecule has 2 rings (SSSR count). The van der Waals surface area contributed by atoms with Gasteiger partial charge in [0.2, 0.25) is 0 Å². The zero-order valence-corrected chi connectivity index (χ0v) is 14.3. The number of nitrogens with zero attached hydrogens (tertiary/aromatic N) is 1. The number of aromatic hydroxyl groups is 1. The van der Waals surface area contributed by atoms with E-state index in [0.29, 0.717) is 5.56 Å². The Morgan fingerprint density at radius 2 is 1.68 bits per heavy atom. The van der Waals surface area contributed by atoms with Crippen molar-refractivity contribution in [2.75, 3.05) is 21.1 Å². The van der Waals surface area contributed by atoms with E-state index in [0.717, 1.165) is 11.0 Å². The van der Waals surface area contributed by atoms with Gasteiger partial charge in [-0.25, -0.2) is 0 Å². The van der Waals surface area contributed by atoms with Crippen LogP contribution in [0.4, 0.5) is 0 Å². The van der Waals surface area contributed by atoms with Gasteiger partial charge in [-0.3, -0.25) is 4.21 Å². The molecule has 1 atom stereocenters. The smallest absolute Gasteiger partial charge is 0.116 e. The van der Waals surface area contributed by atoms with Gasteiger partial charge in [-0.1, -0.05) is 36.4 Å². The van der Waals surface area contributed by atoms with Crippen molar-refractivity contribution >= 4 is 11.1 Å². The van der Waals surface area contributed by atoms with Crippen LogP contribution in [0.2, 0.25) is 0 Å². The molecule has 2 aromatic carbocycles. The Labute approximate surface area is 134 Å². The van der Waals surface area contributed by atoms with Crippen LogP contribution in [0.25, 0.3) is 0 Å². The summed E-state index contributed by atoms with van der Waals surface area (Å²) in [5.74, 6) is -0.0326. The molecule has 0 radical (unpaired) electrons. The third-order valence-corrected chi connectivity index (χ3v) is 3.65. The summed E-state index contributed by atoms with van der Waals surface area (Å²) in [5, 5.41) is 8.91. The Morgan fingerprint density at radius 1 is 1.09 bits per heavy atom. The Balaban J connectivity index is 0.000000220. The first-order valence-electron chi connectivity index (χ1n) is 6.92. The topological polar surface area (TPSA) is 60.4 Å². The van der Waals surface area contributed by atoms with Crippen molar-refractivity contribution in [2.45, 2.75) is 18.4 Å². The summed E-state index contributed by atoms with van der Waals surface area (Å²) < 4.78 is 21.9. The quantitative estimate of drug-likeness (QED) is 0.698. The standard InChI is InChI=1S/C10H16N.C7H8O3S/c1-11(2,3)9-10-7-5-4-6-8-10;1-5-2-3-6(8)4-7(5)11(9)10/h4-8H,9H2,1-3H3;2-4,8H,1H3,(H,9,10)/q+1;/p-1. The van der Waals surface area contributed by atoms with Gasteiger partial charge in [0.05, 0.1) is 21.1 Å². The average molecular weight is 321 g/mol. The van der Waals surface area contributed by atoms with Crippen molar-refractivity contribution in [1.82, 2.24) is 0 Å². The van der Waals surface area contributed by atoms with Crippen molar-refractivity contribution in [3.8, 4) is 5.75 Å². The van der Waals surface area contributed by atoms with Crippen LogP contribution in [-0.2, 0) is 17.6 Å². The van der Waals surface area contributed by atoms with E-state index in [1.807, 2.05) is 0 Å². The fraction of sp³-hybridized carbons (Fsp3) is 0.294. The average Bonchev–Trinajstić information content (AvgIpc) is 2.41. The van der Waals surface area contributed by atoms with Crippen molar-refractivity contribution in [3.05, 3.63) is 59.7 Å². The van der Waals surface area contributed by atoms with E-state index in [4.69, 9.17) is 5.11 Å². The second-order valence-electron chi connectivity index (χ2n) is 6.12. The molecular formula is C17H23NO3S. The molecule has 120 valence electrons. The van der Waals surface area contributed by atoms with Crippen LogP contribution < -0.4 is 0 Å². The first kappa shape index (κ1) is 18.4. The Hall–Kier alpha value is -1.69. The highest BCUT2D eigenvalue weighted by atomic mass is 32.2. The minimum absolute atomic E-state index is 0.0326. The molecular weight excluding hydrogens is 298 g/mol. The first-order chi connectivity index (χ1) is 10.2. The van der Waals surface area contributed by atoms with Crippen LogP contribution >= 0.6 is 0 Å². The van der Waals surface area contributed by atoms with E-state index >= 15 is 0 Å². The molecule has 0 heterocycles. The highest BCUT2D eigenvalue weighted by molar-refractivity contribution is 7.79. The van der Waals surface area contributed by atoms with Gasteiger partial charge in [-0.15, -0.1) is 0 Å². The fourth-order valence-electron chi connectivity index (χ4n) is 1.90. The molecule has 2 aromatic rings. The highest BCUT2D eigenvalue weighted by Gasteiger charge is 2.06. The van der Waals surface area contributed by atoms with Gasteiger partial charge in [0.25, 0.3) is 0 Å².